The standard InChI is InChI=1S/2C21H21N3O/c2*1-20(2)9-14-8-17-16(12-23-24-17)21(3,19(14)18(25)10-20)15-6-4-5-13(7-15)11-22/h2*4-7,12H,8-10H2,1-3H3,(H,23,24)/t2*21-/m10/s1. The Morgan fingerprint density at radius 2 is 1.02 bits per heavy atom. The summed E-state index contributed by atoms with van der Waals surface area (Å²) >= 11 is 0. The van der Waals surface area contributed by atoms with Crippen molar-refractivity contribution in [3.8, 4) is 12.1 Å². The van der Waals surface area contributed by atoms with Gasteiger partial charge in [-0.3, -0.25) is 19.8 Å². The van der Waals surface area contributed by atoms with Crippen LogP contribution in [0.3, 0.4) is 0 Å². The van der Waals surface area contributed by atoms with E-state index < -0.39 is 10.8 Å². The summed E-state index contributed by atoms with van der Waals surface area (Å²) in [4.78, 5) is 26.3. The number of aromatic amines is 2. The Balaban J connectivity index is 0.000000157. The lowest BCUT2D eigenvalue weighted by atomic mass is 9.58. The van der Waals surface area contributed by atoms with Gasteiger partial charge >= 0.3 is 0 Å². The maximum Gasteiger partial charge on any atom is 0.160 e. The van der Waals surface area contributed by atoms with E-state index in [-0.39, 0.29) is 22.4 Å². The van der Waals surface area contributed by atoms with E-state index in [0.29, 0.717) is 24.0 Å². The van der Waals surface area contributed by atoms with Crippen molar-refractivity contribution in [2.24, 2.45) is 10.8 Å². The largest absolute Gasteiger partial charge is 0.294 e. The number of rotatable bonds is 2. The number of aromatic nitrogens is 4. The lowest BCUT2D eigenvalue weighted by Gasteiger charge is -2.43. The summed E-state index contributed by atoms with van der Waals surface area (Å²) in [7, 11) is 0. The molecule has 8 rings (SSSR count). The molecule has 2 heterocycles. The second-order valence-electron chi connectivity index (χ2n) is 16.4. The van der Waals surface area contributed by atoms with Crippen LogP contribution >= 0.6 is 0 Å². The number of nitriles is 2. The molecule has 4 aromatic rings. The van der Waals surface area contributed by atoms with E-state index in [1.165, 1.54) is 11.1 Å². The van der Waals surface area contributed by atoms with Gasteiger partial charge in [0.15, 0.2) is 11.6 Å². The normalized spacial score (nSPS) is 24.5. The highest BCUT2D eigenvalue weighted by Gasteiger charge is 2.49. The zero-order chi connectivity index (χ0) is 35.6. The molecule has 0 radical (unpaired) electrons. The second-order valence-corrected chi connectivity index (χ2v) is 16.4. The first kappa shape index (κ1) is 33.2. The molecular formula is C42H42N6O2. The van der Waals surface area contributed by atoms with Crippen molar-refractivity contribution in [1.82, 2.24) is 20.4 Å². The Labute approximate surface area is 293 Å². The van der Waals surface area contributed by atoms with Gasteiger partial charge in [-0.1, -0.05) is 63.1 Å². The smallest absolute Gasteiger partial charge is 0.160 e. The van der Waals surface area contributed by atoms with Gasteiger partial charge in [-0.05, 0) is 72.9 Å². The summed E-state index contributed by atoms with van der Waals surface area (Å²) in [5.41, 5.74) is 10.5. The van der Waals surface area contributed by atoms with Crippen LogP contribution in [0, 0.1) is 33.5 Å². The molecule has 2 aromatic carbocycles. The van der Waals surface area contributed by atoms with Gasteiger partial charge in [-0.2, -0.15) is 20.7 Å². The summed E-state index contributed by atoms with van der Waals surface area (Å²) in [5, 5.41) is 33.4. The van der Waals surface area contributed by atoms with Crippen LogP contribution < -0.4 is 0 Å². The number of ketones is 2. The molecular weight excluding hydrogens is 621 g/mol. The summed E-state index contributed by atoms with van der Waals surface area (Å²) in [6.45, 7) is 12.8. The van der Waals surface area contributed by atoms with Gasteiger partial charge in [-0.25, -0.2) is 0 Å². The van der Waals surface area contributed by atoms with E-state index in [1.54, 1.807) is 12.1 Å². The van der Waals surface area contributed by atoms with E-state index >= 15 is 0 Å². The number of allylic oxidation sites excluding steroid dienone is 4. The van der Waals surface area contributed by atoms with Crippen molar-refractivity contribution in [3.05, 3.63) is 128 Å². The third-order valence-electron chi connectivity index (χ3n) is 11.4. The number of carbonyl (C=O) groups excluding carboxylic acids is 2. The lowest BCUT2D eigenvalue weighted by Crippen LogP contribution is -2.40. The molecule has 0 spiro atoms. The fourth-order valence-electron chi connectivity index (χ4n) is 9.32. The molecule has 252 valence electrons. The topological polar surface area (TPSA) is 139 Å². The zero-order valence-electron chi connectivity index (χ0n) is 29.6. The third kappa shape index (κ3) is 5.26. The number of hydrogen-bond acceptors (Lipinski definition) is 6. The molecule has 2 N–H and O–H groups in total. The number of nitrogens with zero attached hydrogens (tertiary/aromatic N) is 4. The minimum absolute atomic E-state index is 0.0111. The highest BCUT2D eigenvalue weighted by molar-refractivity contribution is 6.02. The van der Waals surface area contributed by atoms with Crippen LogP contribution in [-0.4, -0.2) is 32.0 Å². The van der Waals surface area contributed by atoms with Crippen LogP contribution in [0.2, 0.25) is 0 Å². The number of fused-ring (bicyclic) bond motifs is 2. The van der Waals surface area contributed by atoms with E-state index in [9.17, 15) is 20.1 Å². The number of H-pyrrole nitrogens is 2. The monoisotopic (exact) mass is 662 g/mol. The van der Waals surface area contributed by atoms with Crippen molar-refractivity contribution in [2.45, 2.75) is 90.9 Å². The van der Waals surface area contributed by atoms with Crippen LogP contribution in [0.15, 0.2) is 83.2 Å². The van der Waals surface area contributed by atoms with Crippen LogP contribution in [-0.2, 0) is 33.3 Å². The first-order chi connectivity index (χ1) is 23.7. The molecule has 0 saturated carbocycles. The molecule has 0 aliphatic heterocycles. The van der Waals surface area contributed by atoms with Crippen LogP contribution in [0.5, 0.6) is 0 Å². The second kappa shape index (κ2) is 11.6. The first-order valence-corrected chi connectivity index (χ1v) is 17.3. The van der Waals surface area contributed by atoms with Gasteiger partial charge in [0.05, 0.1) is 35.7 Å². The number of Topliss-reactive ketones (excluding diaryl/α,β-unsaturated/α-hetero) is 2. The average Bonchev–Trinajstić information content (AvgIpc) is 3.74. The Morgan fingerprint density at radius 1 is 0.620 bits per heavy atom. The molecule has 8 heteroatoms. The zero-order valence-corrected chi connectivity index (χ0v) is 29.6. The number of benzene rings is 2. The van der Waals surface area contributed by atoms with Crippen molar-refractivity contribution >= 4 is 11.6 Å². The van der Waals surface area contributed by atoms with Crippen molar-refractivity contribution in [1.29, 1.82) is 10.5 Å². The fraction of sp³-hybridized carbons (Fsp3) is 0.381. The quantitative estimate of drug-likeness (QED) is 0.226. The van der Waals surface area contributed by atoms with E-state index in [2.05, 4.69) is 74.1 Å². The minimum atomic E-state index is -0.559. The molecule has 0 fully saturated rings. The molecule has 8 nitrogen and oxygen atoms in total. The van der Waals surface area contributed by atoms with Gasteiger partial charge < -0.3 is 0 Å². The molecule has 0 saturated heterocycles. The van der Waals surface area contributed by atoms with E-state index in [4.69, 9.17) is 0 Å². The van der Waals surface area contributed by atoms with E-state index in [0.717, 1.165) is 70.5 Å². The summed E-state index contributed by atoms with van der Waals surface area (Å²) in [5.74, 6) is 0.450. The van der Waals surface area contributed by atoms with Crippen LogP contribution in [0.4, 0.5) is 0 Å². The molecule has 50 heavy (non-hydrogen) atoms. The van der Waals surface area contributed by atoms with Gasteiger partial charge in [0, 0.05) is 70.2 Å². The summed E-state index contributed by atoms with van der Waals surface area (Å²) in [6, 6.07) is 19.6. The van der Waals surface area contributed by atoms with Crippen molar-refractivity contribution in [3.63, 3.8) is 0 Å². The SMILES string of the molecule is CC1(C)CC(=O)C2=C(Cc3[nH]ncc3[C@@]2(C)c2cccc(C#N)c2)C1.CC1(C)CC(=O)C2=C(Cc3[nH]ncc3[C@]2(C)c2cccc(C#N)c2)C1. The van der Waals surface area contributed by atoms with Gasteiger partial charge in [0.25, 0.3) is 0 Å². The molecule has 0 unspecified atom stereocenters. The summed E-state index contributed by atoms with van der Waals surface area (Å²) in [6.07, 6.45) is 8.15. The van der Waals surface area contributed by atoms with Crippen LogP contribution in [0.1, 0.15) is 112 Å². The molecule has 0 bridgehead atoms. The predicted molar refractivity (Wildman–Crippen MR) is 190 cm³/mol. The summed E-state index contributed by atoms with van der Waals surface area (Å²) < 4.78 is 0. The fourth-order valence-corrected chi connectivity index (χ4v) is 9.32. The Bertz CT molecular complexity index is 2070. The van der Waals surface area contributed by atoms with Crippen LogP contribution in [0.25, 0.3) is 0 Å². The van der Waals surface area contributed by atoms with Gasteiger partial charge in [-0.15, -0.1) is 0 Å². The molecule has 2 aromatic heterocycles. The Kier molecular flexibility index (Phi) is 7.71. The average molecular weight is 663 g/mol. The number of carbonyl (C=O) groups is 2. The predicted octanol–water partition coefficient (Wildman–Crippen LogP) is 7.66. The van der Waals surface area contributed by atoms with Crippen molar-refractivity contribution < 1.29 is 9.59 Å². The van der Waals surface area contributed by atoms with Gasteiger partial charge in [0.1, 0.15) is 0 Å². The Morgan fingerprint density at radius 3 is 1.40 bits per heavy atom. The Hall–Kier alpha value is -5.34. The molecule has 4 aliphatic carbocycles. The molecule has 0 amide bonds. The highest BCUT2D eigenvalue weighted by atomic mass is 16.1. The molecule has 2 atom stereocenters. The maximum atomic E-state index is 13.2. The third-order valence-corrected chi connectivity index (χ3v) is 11.4. The molecule has 4 aliphatic rings. The van der Waals surface area contributed by atoms with E-state index in [1.807, 2.05) is 48.8 Å². The van der Waals surface area contributed by atoms with Crippen molar-refractivity contribution in [2.75, 3.05) is 0 Å². The first-order valence-electron chi connectivity index (χ1n) is 17.3. The lowest BCUT2D eigenvalue weighted by molar-refractivity contribution is -0.119. The highest BCUT2D eigenvalue weighted by Crippen LogP contribution is 2.53. The minimum Gasteiger partial charge on any atom is -0.294 e. The van der Waals surface area contributed by atoms with Gasteiger partial charge in [0.2, 0.25) is 0 Å². The number of nitrogens with one attached hydrogen (secondary N) is 2. The maximum absolute atomic E-state index is 13.2. The number of hydrogen-bond donors (Lipinski definition) is 2.